The summed E-state index contributed by atoms with van der Waals surface area (Å²) in [5, 5.41) is 8.98. The van der Waals surface area contributed by atoms with Gasteiger partial charge in [0.25, 0.3) is 0 Å². The molecule has 1 aliphatic rings. The van der Waals surface area contributed by atoms with Crippen LogP contribution in [0.25, 0.3) is 0 Å². The first-order valence-corrected chi connectivity index (χ1v) is 7.75. The monoisotopic (exact) mass is 305 g/mol. The lowest BCUT2D eigenvalue weighted by Crippen LogP contribution is -2.49. The van der Waals surface area contributed by atoms with Crippen molar-refractivity contribution in [2.45, 2.75) is 38.1 Å². The average Bonchev–Trinajstić information content (AvgIpc) is 2.53. The molecule has 0 spiro atoms. The molecule has 1 fully saturated rings. The number of ether oxygens (including phenoxy) is 1. The average molecular weight is 305 g/mol. The van der Waals surface area contributed by atoms with Crippen molar-refractivity contribution in [3.05, 3.63) is 35.9 Å². The Labute approximate surface area is 130 Å². The topological polar surface area (TPSA) is 66.8 Å². The van der Waals surface area contributed by atoms with Gasteiger partial charge < -0.3 is 14.7 Å². The van der Waals surface area contributed by atoms with E-state index in [0.29, 0.717) is 26.2 Å². The number of carbonyl (C=O) groups is 2. The number of nitrogens with zero attached hydrogens (tertiary/aromatic N) is 1. The molecule has 22 heavy (non-hydrogen) atoms. The van der Waals surface area contributed by atoms with Crippen LogP contribution in [0.4, 0.5) is 0 Å². The Morgan fingerprint density at radius 1 is 1.36 bits per heavy atom. The molecule has 1 aromatic carbocycles. The van der Waals surface area contributed by atoms with Crippen molar-refractivity contribution in [1.29, 1.82) is 0 Å². The molecule has 1 heterocycles. The summed E-state index contributed by atoms with van der Waals surface area (Å²) in [5.41, 5.74) is 1.15. The van der Waals surface area contributed by atoms with E-state index in [9.17, 15) is 9.59 Å². The number of carboxylic acids is 1. The van der Waals surface area contributed by atoms with Gasteiger partial charge in [-0.3, -0.25) is 9.59 Å². The van der Waals surface area contributed by atoms with Crippen LogP contribution in [0.5, 0.6) is 0 Å². The number of hydrogen-bond acceptors (Lipinski definition) is 3. The third kappa shape index (κ3) is 4.31. The third-order valence-electron chi connectivity index (χ3n) is 4.14. The Kier molecular flexibility index (Phi) is 5.95. The van der Waals surface area contributed by atoms with Gasteiger partial charge in [-0.15, -0.1) is 0 Å². The largest absolute Gasteiger partial charge is 0.481 e. The molecular weight excluding hydrogens is 282 g/mol. The number of benzene rings is 1. The smallest absolute Gasteiger partial charge is 0.305 e. The van der Waals surface area contributed by atoms with Crippen molar-refractivity contribution in [3.63, 3.8) is 0 Å². The van der Waals surface area contributed by atoms with Gasteiger partial charge in [0.15, 0.2) is 0 Å². The first kappa shape index (κ1) is 16.5. The Morgan fingerprint density at radius 3 is 2.73 bits per heavy atom. The van der Waals surface area contributed by atoms with Gasteiger partial charge in [-0.05, 0) is 17.9 Å². The molecule has 1 aromatic rings. The minimum absolute atomic E-state index is 0.0188. The lowest BCUT2D eigenvalue weighted by atomic mass is 9.92. The molecule has 5 nitrogen and oxygen atoms in total. The molecular formula is C17H23NO4. The van der Waals surface area contributed by atoms with Crippen molar-refractivity contribution < 1.29 is 19.4 Å². The fourth-order valence-corrected chi connectivity index (χ4v) is 2.90. The van der Waals surface area contributed by atoms with Crippen LogP contribution < -0.4 is 0 Å². The normalized spacial score (nSPS) is 19.7. The fourth-order valence-electron chi connectivity index (χ4n) is 2.90. The first-order valence-electron chi connectivity index (χ1n) is 7.75. The van der Waals surface area contributed by atoms with Crippen LogP contribution in [0.1, 0.15) is 37.7 Å². The van der Waals surface area contributed by atoms with E-state index in [1.807, 2.05) is 30.3 Å². The Morgan fingerprint density at radius 2 is 2.09 bits per heavy atom. The van der Waals surface area contributed by atoms with Crippen LogP contribution >= 0.6 is 0 Å². The van der Waals surface area contributed by atoms with E-state index in [0.717, 1.165) is 12.0 Å². The number of aliphatic carboxylic acids is 1. The molecule has 2 rings (SSSR count). The zero-order chi connectivity index (χ0) is 15.9. The van der Waals surface area contributed by atoms with Crippen molar-refractivity contribution >= 4 is 11.9 Å². The standard InChI is InChI=1S/C17H23NO4/c1-2-13(14-6-4-3-5-7-14)10-16(19)18-8-9-22-12-15(18)11-17(20)21/h3-7,13,15H,2,8-12H2,1H3,(H,20,21). The summed E-state index contributed by atoms with van der Waals surface area (Å²) in [6.07, 6.45) is 1.23. The van der Waals surface area contributed by atoms with E-state index in [4.69, 9.17) is 9.84 Å². The zero-order valence-corrected chi connectivity index (χ0v) is 12.9. The maximum Gasteiger partial charge on any atom is 0.305 e. The van der Waals surface area contributed by atoms with E-state index in [1.54, 1.807) is 4.90 Å². The van der Waals surface area contributed by atoms with Crippen molar-refractivity contribution in [2.24, 2.45) is 0 Å². The van der Waals surface area contributed by atoms with Crippen LogP contribution in [-0.4, -0.2) is 47.7 Å². The van der Waals surface area contributed by atoms with Gasteiger partial charge >= 0.3 is 5.97 Å². The molecule has 1 amide bonds. The highest BCUT2D eigenvalue weighted by atomic mass is 16.5. The summed E-state index contributed by atoms with van der Waals surface area (Å²) in [5.74, 6) is -0.712. The lowest BCUT2D eigenvalue weighted by molar-refractivity contribution is -0.146. The van der Waals surface area contributed by atoms with E-state index < -0.39 is 5.97 Å². The van der Waals surface area contributed by atoms with Crippen LogP contribution in [0.3, 0.4) is 0 Å². The minimum Gasteiger partial charge on any atom is -0.481 e. The number of morpholine rings is 1. The highest BCUT2D eigenvalue weighted by molar-refractivity contribution is 5.78. The highest BCUT2D eigenvalue weighted by Gasteiger charge is 2.30. The van der Waals surface area contributed by atoms with Gasteiger partial charge in [-0.1, -0.05) is 37.3 Å². The molecule has 5 heteroatoms. The Bertz CT molecular complexity index is 503. The zero-order valence-electron chi connectivity index (χ0n) is 12.9. The minimum atomic E-state index is -0.900. The summed E-state index contributed by atoms with van der Waals surface area (Å²) >= 11 is 0. The lowest BCUT2D eigenvalue weighted by Gasteiger charge is -2.35. The quantitative estimate of drug-likeness (QED) is 0.875. The number of amides is 1. The van der Waals surface area contributed by atoms with Gasteiger partial charge in [0.05, 0.1) is 25.7 Å². The molecule has 0 bridgehead atoms. The summed E-state index contributed by atoms with van der Waals surface area (Å²) in [7, 11) is 0. The SMILES string of the molecule is CCC(CC(=O)N1CCOCC1CC(=O)O)c1ccccc1. The second-order valence-corrected chi connectivity index (χ2v) is 5.63. The molecule has 0 aromatic heterocycles. The first-order chi connectivity index (χ1) is 10.6. The van der Waals surface area contributed by atoms with Crippen LogP contribution in [-0.2, 0) is 14.3 Å². The third-order valence-corrected chi connectivity index (χ3v) is 4.14. The molecule has 0 saturated carbocycles. The van der Waals surface area contributed by atoms with Crippen LogP contribution in [0.2, 0.25) is 0 Å². The van der Waals surface area contributed by atoms with Crippen molar-refractivity contribution in [2.75, 3.05) is 19.8 Å². The number of carboxylic acid groups (broad SMARTS) is 1. The van der Waals surface area contributed by atoms with Gasteiger partial charge in [-0.2, -0.15) is 0 Å². The molecule has 120 valence electrons. The summed E-state index contributed by atoms with van der Waals surface area (Å²) < 4.78 is 5.32. The summed E-state index contributed by atoms with van der Waals surface area (Å²) in [6, 6.07) is 9.63. The van der Waals surface area contributed by atoms with Crippen molar-refractivity contribution in [3.8, 4) is 0 Å². The van der Waals surface area contributed by atoms with Crippen molar-refractivity contribution in [1.82, 2.24) is 4.90 Å². The predicted molar refractivity (Wildman–Crippen MR) is 82.7 cm³/mol. The number of hydrogen-bond donors (Lipinski definition) is 1. The second kappa shape index (κ2) is 7.94. The van der Waals surface area contributed by atoms with E-state index in [-0.39, 0.29) is 24.3 Å². The fraction of sp³-hybridized carbons (Fsp3) is 0.529. The molecule has 2 atom stereocenters. The summed E-state index contributed by atoms with van der Waals surface area (Å²) in [6.45, 7) is 3.32. The van der Waals surface area contributed by atoms with E-state index in [1.165, 1.54) is 0 Å². The molecule has 2 unspecified atom stereocenters. The Hall–Kier alpha value is -1.88. The van der Waals surface area contributed by atoms with Gasteiger partial charge in [0, 0.05) is 13.0 Å². The molecule has 1 saturated heterocycles. The summed E-state index contributed by atoms with van der Waals surface area (Å²) in [4.78, 5) is 25.2. The second-order valence-electron chi connectivity index (χ2n) is 5.63. The van der Waals surface area contributed by atoms with Gasteiger partial charge in [0.2, 0.25) is 5.91 Å². The molecule has 1 N–H and O–H groups in total. The maximum absolute atomic E-state index is 12.6. The van der Waals surface area contributed by atoms with Crippen LogP contribution in [0.15, 0.2) is 30.3 Å². The van der Waals surface area contributed by atoms with Gasteiger partial charge in [-0.25, -0.2) is 0 Å². The molecule has 0 aliphatic carbocycles. The van der Waals surface area contributed by atoms with E-state index in [2.05, 4.69) is 6.92 Å². The van der Waals surface area contributed by atoms with Crippen LogP contribution in [0, 0.1) is 0 Å². The Balaban J connectivity index is 2.03. The predicted octanol–water partition coefficient (Wildman–Crippen LogP) is 2.27. The van der Waals surface area contributed by atoms with E-state index >= 15 is 0 Å². The maximum atomic E-state index is 12.6. The number of rotatable bonds is 6. The molecule has 0 radical (unpaired) electrons. The molecule has 1 aliphatic heterocycles. The number of carbonyl (C=O) groups excluding carboxylic acids is 1. The van der Waals surface area contributed by atoms with Gasteiger partial charge in [0.1, 0.15) is 0 Å². The highest BCUT2D eigenvalue weighted by Crippen LogP contribution is 2.25.